The third-order valence-corrected chi connectivity index (χ3v) is 8.14. The SMILES string of the molecule is C[C@H](NC(=O)[C@@H](NC(=O)[C@H](Cc1ccc(O)cc1)NC(=O)[C@H](CCC(=O)O)NC(=O)[C@H](CC(N)=O)NC(=O)[C@H](CC(=O)O)NC(=O)[C@@H](N)CCC(=O)O)[C@@H](C)O)C(=O)O. The molecule has 0 aliphatic rings. The minimum Gasteiger partial charge on any atom is -0.508 e. The lowest BCUT2D eigenvalue weighted by molar-refractivity contribution is -0.142. The molecule has 0 radical (unpaired) electrons. The van der Waals surface area contributed by atoms with E-state index < -0.39 is 159 Å². The van der Waals surface area contributed by atoms with Crippen LogP contribution in [0.4, 0.5) is 0 Å². The van der Waals surface area contributed by atoms with Crippen molar-refractivity contribution in [2.24, 2.45) is 11.5 Å². The molecule has 0 fully saturated rings. The van der Waals surface area contributed by atoms with Gasteiger partial charge in [0.25, 0.3) is 0 Å². The number of aliphatic hydroxyl groups is 1. The van der Waals surface area contributed by atoms with E-state index in [1.165, 1.54) is 24.3 Å². The molecule has 0 aliphatic carbocycles. The van der Waals surface area contributed by atoms with Crippen LogP contribution in [0.1, 0.15) is 57.9 Å². The van der Waals surface area contributed by atoms with Crippen molar-refractivity contribution in [2.75, 3.05) is 0 Å². The van der Waals surface area contributed by atoms with E-state index in [1.54, 1.807) is 0 Å². The van der Waals surface area contributed by atoms with Gasteiger partial charge in [0.15, 0.2) is 0 Å². The lowest BCUT2D eigenvalue weighted by Crippen LogP contribution is -2.61. The number of benzene rings is 1. The molecule has 0 unspecified atom stereocenters. The number of carboxylic acids is 4. The average Bonchev–Trinajstić information content (AvgIpc) is 3.13. The van der Waals surface area contributed by atoms with Gasteiger partial charge in [-0.05, 0) is 44.4 Å². The van der Waals surface area contributed by atoms with Crippen LogP contribution in [-0.4, -0.2) is 144 Å². The Morgan fingerprint density at radius 2 is 1.03 bits per heavy atom. The molecule has 326 valence electrons. The Kier molecular flexibility index (Phi) is 20.4. The van der Waals surface area contributed by atoms with Crippen LogP contribution in [0, 0.1) is 0 Å². The minimum absolute atomic E-state index is 0.179. The summed E-state index contributed by atoms with van der Waals surface area (Å²) in [6.45, 7) is 2.20. The summed E-state index contributed by atoms with van der Waals surface area (Å²) < 4.78 is 0. The Labute approximate surface area is 334 Å². The molecular formula is C34H48N8O17. The van der Waals surface area contributed by atoms with E-state index in [4.69, 9.17) is 21.7 Å². The predicted octanol–water partition coefficient (Wildman–Crippen LogP) is -5.26. The van der Waals surface area contributed by atoms with E-state index in [1.807, 2.05) is 10.6 Å². The highest BCUT2D eigenvalue weighted by atomic mass is 16.4. The number of carbonyl (C=O) groups excluding carboxylic acids is 7. The molecular weight excluding hydrogens is 792 g/mol. The molecule has 1 aromatic carbocycles. The number of rotatable bonds is 26. The smallest absolute Gasteiger partial charge is 0.325 e. The maximum absolute atomic E-state index is 13.7. The highest BCUT2D eigenvalue weighted by Gasteiger charge is 2.35. The van der Waals surface area contributed by atoms with E-state index >= 15 is 0 Å². The van der Waals surface area contributed by atoms with E-state index in [-0.39, 0.29) is 5.75 Å². The molecule has 0 aromatic heterocycles. The van der Waals surface area contributed by atoms with Crippen LogP contribution in [0.25, 0.3) is 0 Å². The first-order valence-corrected chi connectivity index (χ1v) is 17.6. The van der Waals surface area contributed by atoms with Gasteiger partial charge in [-0.2, -0.15) is 0 Å². The maximum atomic E-state index is 13.7. The van der Waals surface area contributed by atoms with Gasteiger partial charge in [0.05, 0.1) is 25.0 Å². The quantitative estimate of drug-likeness (QED) is 0.0414. The third kappa shape index (κ3) is 18.7. The largest absolute Gasteiger partial charge is 0.508 e. The van der Waals surface area contributed by atoms with Gasteiger partial charge < -0.3 is 74.0 Å². The van der Waals surface area contributed by atoms with Gasteiger partial charge in [-0.15, -0.1) is 0 Å². The van der Waals surface area contributed by atoms with Crippen LogP contribution in [-0.2, 0) is 59.2 Å². The van der Waals surface area contributed by atoms with Crippen LogP contribution in [0.3, 0.4) is 0 Å². The highest BCUT2D eigenvalue weighted by molar-refractivity contribution is 5.99. The number of hydrogen-bond donors (Lipinski definition) is 14. The number of phenolic OH excluding ortho intramolecular Hbond substituents is 1. The Morgan fingerprint density at radius 3 is 1.53 bits per heavy atom. The minimum atomic E-state index is -2.00. The van der Waals surface area contributed by atoms with Gasteiger partial charge in [-0.3, -0.25) is 52.7 Å². The van der Waals surface area contributed by atoms with Crippen molar-refractivity contribution >= 4 is 65.2 Å². The molecule has 0 heterocycles. The van der Waals surface area contributed by atoms with Gasteiger partial charge in [-0.25, -0.2) is 0 Å². The fraction of sp³-hybridized carbons (Fsp3) is 0.500. The van der Waals surface area contributed by atoms with Gasteiger partial charge in [0.1, 0.15) is 42.0 Å². The number of aliphatic carboxylic acids is 4. The third-order valence-electron chi connectivity index (χ3n) is 8.14. The molecule has 0 saturated heterocycles. The fourth-order valence-corrected chi connectivity index (χ4v) is 4.94. The molecule has 0 saturated carbocycles. The molecule has 0 aliphatic heterocycles. The van der Waals surface area contributed by atoms with Crippen LogP contribution in [0.15, 0.2) is 24.3 Å². The summed E-state index contributed by atoms with van der Waals surface area (Å²) in [5.74, 6) is -14.6. The zero-order valence-electron chi connectivity index (χ0n) is 31.7. The molecule has 59 heavy (non-hydrogen) atoms. The lowest BCUT2D eigenvalue weighted by Gasteiger charge is -2.27. The zero-order valence-corrected chi connectivity index (χ0v) is 31.7. The normalized spacial score (nSPS) is 14.8. The summed E-state index contributed by atoms with van der Waals surface area (Å²) in [6.07, 6.45) is -6.55. The van der Waals surface area contributed by atoms with Crippen molar-refractivity contribution in [3.05, 3.63) is 29.8 Å². The first-order chi connectivity index (χ1) is 27.4. The average molecular weight is 841 g/mol. The number of aromatic hydroxyl groups is 1. The maximum Gasteiger partial charge on any atom is 0.325 e. The van der Waals surface area contributed by atoms with Crippen molar-refractivity contribution in [2.45, 2.75) is 107 Å². The monoisotopic (exact) mass is 840 g/mol. The molecule has 7 amide bonds. The summed E-state index contributed by atoms with van der Waals surface area (Å²) in [5.41, 5.74) is 11.2. The van der Waals surface area contributed by atoms with Crippen molar-refractivity contribution in [3.63, 3.8) is 0 Å². The number of carboxylic acid groups (broad SMARTS) is 4. The summed E-state index contributed by atoms with van der Waals surface area (Å²) in [6, 6.07) is -7.09. The molecule has 25 heteroatoms. The standard InChI is InChI=1S/C34H48N8O17/c1-14(34(58)59)37-33(57)27(15(2)43)42-32(56)20(11-16-3-5-17(44)6-4-16)40-29(53)19(8-10-25(48)49)38-30(54)21(12-23(36)45)41-31(55)22(13-26(50)51)39-28(52)18(35)7-9-24(46)47/h3-6,14-15,18-22,27,43-44H,7-13,35H2,1-2H3,(H2,36,45)(H,37,57)(H,38,54)(H,39,52)(H,40,53)(H,41,55)(H,42,56)(H,46,47)(H,48,49)(H,50,51)(H,58,59)/t14-,15+,18-,19-,20-,21-,22-,27-/m0/s1. The molecule has 25 nitrogen and oxygen atoms in total. The van der Waals surface area contributed by atoms with Gasteiger partial charge in [0.2, 0.25) is 41.4 Å². The van der Waals surface area contributed by atoms with Crippen LogP contribution in [0.2, 0.25) is 0 Å². The molecule has 1 aromatic rings. The predicted molar refractivity (Wildman–Crippen MR) is 196 cm³/mol. The molecule has 1 rings (SSSR count). The van der Waals surface area contributed by atoms with Crippen LogP contribution >= 0.6 is 0 Å². The Balaban J connectivity index is 3.47. The molecule has 16 N–H and O–H groups in total. The fourth-order valence-electron chi connectivity index (χ4n) is 4.94. The first-order valence-electron chi connectivity index (χ1n) is 17.6. The molecule has 0 spiro atoms. The number of amides is 7. The van der Waals surface area contributed by atoms with Gasteiger partial charge >= 0.3 is 23.9 Å². The number of phenols is 1. The van der Waals surface area contributed by atoms with Gasteiger partial charge in [0, 0.05) is 19.3 Å². The Bertz CT molecular complexity index is 1740. The molecule has 8 atom stereocenters. The van der Waals surface area contributed by atoms with Gasteiger partial charge in [-0.1, -0.05) is 12.1 Å². The molecule has 0 bridgehead atoms. The second-order valence-corrected chi connectivity index (χ2v) is 13.2. The summed E-state index contributed by atoms with van der Waals surface area (Å²) >= 11 is 0. The topological polar surface area (TPSA) is 433 Å². The first kappa shape index (κ1) is 50.1. The van der Waals surface area contributed by atoms with E-state index in [9.17, 15) is 73.2 Å². The second kappa shape index (κ2) is 24.0. The number of nitrogens with two attached hydrogens (primary N) is 2. The number of carbonyl (C=O) groups is 11. The summed E-state index contributed by atoms with van der Waals surface area (Å²) in [5, 5.41) is 69.4. The Hall–Kier alpha value is -6.89. The van der Waals surface area contributed by atoms with Crippen LogP contribution < -0.4 is 43.4 Å². The van der Waals surface area contributed by atoms with E-state index in [0.717, 1.165) is 13.8 Å². The number of nitrogens with one attached hydrogen (secondary N) is 6. The number of primary amides is 1. The summed E-state index contributed by atoms with van der Waals surface area (Å²) in [7, 11) is 0. The summed E-state index contributed by atoms with van der Waals surface area (Å²) in [4.78, 5) is 136. The zero-order chi connectivity index (χ0) is 45.1. The van der Waals surface area contributed by atoms with E-state index in [2.05, 4.69) is 21.3 Å². The highest BCUT2D eigenvalue weighted by Crippen LogP contribution is 2.13. The number of aliphatic hydroxyl groups excluding tert-OH is 1. The van der Waals surface area contributed by atoms with Crippen LogP contribution in [0.5, 0.6) is 5.75 Å². The number of hydrogen-bond acceptors (Lipinski definition) is 14. The van der Waals surface area contributed by atoms with E-state index in [0.29, 0.717) is 5.56 Å². The van der Waals surface area contributed by atoms with Crippen molar-refractivity contribution in [1.82, 2.24) is 31.9 Å². The van der Waals surface area contributed by atoms with Crippen molar-refractivity contribution < 1.29 is 83.4 Å². The lowest BCUT2D eigenvalue weighted by atomic mass is 10.0. The van der Waals surface area contributed by atoms with Crippen molar-refractivity contribution in [3.8, 4) is 5.75 Å². The Morgan fingerprint density at radius 1 is 0.576 bits per heavy atom. The van der Waals surface area contributed by atoms with Crippen molar-refractivity contribution in [1.29, 1.82) is 0 Å². The second-order valence-electron chi connectivity index (χ2n) is 13.2.